The summed E-state index contributed by atoms with van der Waals surface area (Å²) in [7, 11) is 0. The molecule has 1 spiro atoms. The Kier molecular flexibility index (Phi) is 4.35. The Hall–Kier alpha value is -1.99. The molecule has 0 aromatic carbocycles. The van der Waals surface area contributed by atoms with E-state index in [0.717, 1.165) is 37.2 Å². The summed E-state index contributed by atoms with van der Waals surface area (Å²) in [5, 5.41) is 13.9. The van der Waals surface area contributed by atoms with Crippen LogP contribution in [0.1, 0.15) is 25.6 Å². The first kappa shape index (κ1) is 14.9. The Morgan fingerprint density at radius 1 is 1.27 bits per heavy atom. The van der Waals surface area contributed by atoms with Crippen molar-refractivity contribution in [2.45, 2.75) is 25.6 Å². The number of piperidine rings is 1. The van der Waals surface area contributed by atoms with Gasteiger partial charge < -0.3 is 14.4 Å². The number of likely N-dealkylation sites (tertiary alicyclic amines) is 1. The van der Waals surface area contributed by atoms with Crippen LogP contribution in [0.15, 0.2) is 30.5 Å². The molecule has 1 aromatic rings. The normalized spacial score (nSPS) is 22.3. The maximum absolute atomic E-state index is 5.76. The molecule has 22 heavy (non-hydrogen) atoms. The van der Waals surface area contributed by atoms with Crippen molar-refractivity contribution in [2.24, 2.45) is 0 Å². The lowest BCUT2D eigenvalue weighted by Gasteiger charge is -2.39. The average molecular weight is 303 g/mol. The predicted molar refractivity (Wildman–Crippen MR) is 81.6 cm³/mol. The van der Waals surface area contributed by atoms with Crippen molar-refractivity contribution in [1.82, 2.24) is 25.5 Å². The second-order valence-corrected chi connectivity index (χ2v) is 5.48. The highest BCUT2D eigenvalue weighted by Crippen LogP contribution is 2.32. The summed E-state index contributed by atoms with van der Waals surface area (Å²) in [5.41, 5.74) is 2.03. The second-order valence-electron chi connectivity index (χ2n) is 5.48. The largest absolute Gasteiger partial charge is 0.371 e. The van der Waals surface area contributed by atoms with E-state index in [1.54, 1.807) is 0 Å². The van der Waals surface area contributed by atoms with Crippen molar-refractivity contribution in [2.75, 3.05) is 26.3 Å². The van der Waals surface area contributed by atoms with Gasteiger partial charge in [-0.3, -0.25) is 0 Å². The van der Waals surface area contributed by atoms with Crippen molar-refractivity contribution in [3.8, 4) is 0 Å². The van der Waals surface area contributed by atoms with E-state index < -0.39 is 0 Å². The van der Waals surface area contributed by atoms with Crippen molar-refractivity contribution in [1.29, 1.82) is 0 Å². The summed E-state index contributed by atoms with van der Waals surface area (Å²) >= 11 is 0. The highest BCUT2D eigenvalue weighted by atomic mass is 16.7. The predicted octanol–water partition coefficient (Wildman–Crippen LogP) is 1.51. The number of nitrogens with zero attached hydrogens (tertiary/aromatic N) is 4. The molecule has 1 aromatic heterocycles. The third-order valence-corrected chi connectivity index (χ3v) is 4.12. The molecule has 2 saturated heterocycles. The first-order valence-electron chi connectivity index (χ1n) is 7.50. The number of hydrogen-bond acceptors (Lipinski definition) is 6. The van der Waals surface area contributed by atoms with Crippen LogP contribution in [-0.4, -0.2) is 57.6 Å². The van der Waals surface area contributed by atoms with Crippen LogP contribution in [0, 0.1) is 0 Å². The number of ether oxygens (including phenoxy) is 2. The molecule has 0 aliphatic carbocycles. The van der Waals surface area contributed by atoms with E-state index in [-0.39, 0.29) is 5.79 Å². The van der Waals surface area contributed by atoms with Gasteiger partial charge in [0.15, 0.2) is 11.6 Å². The van der Waals surface area contributed by atoms with Gasteiger partial charge in [0.05, 0.1) is 13.2 Å². The van der Waals surface area contributed by atoms with Gasteiger partial charge in [-0.05, 0) is 29.9 Å². The van der Waals surface area contributed by atoms with Gasteiger partial charge in [0.1, 0.15) is 0 Å². The van der Waals surface area contributed by atoms with Crippen LogP contribution in [0.2, 0.25) is 0 Å². The summed E-state index contributed by atoms with van der Waals surface area (Å²) in [6.45, 7) is 9.07. The van der Waals surface area contributed by atoms with Crippen LogP contribution in [0.3, 0.4) is 0 Å². The van der Waals surface area contributed by atoms with Crippen LogP contribution in [-0.2, 0) is 9.47 Å². The maximum Gasteiger partial charge on any atom is 0.200 e. The molecule has 3 rings (SSSR count). The van der Waals surface area contributed by atoms with Crippen LogP contribution in [0.4, 0.5) is 0 Å². The molecule has 3 heterocycles. The Bertz CT molecular complexity index is 563. The lowest BCUT2D eigenvalue weighted by molar-refractivity contribution is -0.182. The van der Waals surface area contributed by atoms with Crippen LogP contribution in [0.25, 0.3) is 5.57 Å². The van der Waals surface area contributed by atoms with Gasteiger partial charge >= 0.3 is 0 Å². The molecule has 118 valence electrons. The molecule has 7 heteroatoms. The molecular weight excluding hydrogens is 282 g/mol. The fourth-order valence-corrected chi connectivity index (χ4v) is 2.81. The van der Waals surface area contributed by atoms with Crippen LogP contribution in [0.5, 0.6) is 0 Å². The zero-order chi connectivity index (χ0) is 15.4. The number of aromatic nitrogens is 4. The van der Waals surface area contributed by atoms with E-state index in [2.05, 4.69) is 32.1 Å². The molecule has 0 bridgehead atoms. The van der Waals surface area contributed by atoms with Crippen molar-refractivity contribution >= 4 is 5.57 Å². The van der Waals surface area contributed by atoms with Gasteiger partial charge in [0.25, 0.3) is 0 Å². The minimum Gasteiger partial charge on any atom is -0.371 e. The van der Waals surface area contributed by atoms with E-state index in [1.807, 2.05) is 25.2 Å². The molecule has 0 atom stereocenters. The molecule has 0 amide bonds. The molecule has 7 nitrogen and oxygen atoms in total. The first-order valence-corrected chi connectivity index (χ1v) is 7.50. The number of hydrogen-bond donors (Lipinski definition) is 1. The Morgan fingerprint density at radius 2 is 2.00 bits per heavy atom. The SMILES string of the molecule is C=C/C(=C\C=C(/C)c1nn[nH]n1)N1CCC2(CC1)OCCO2. The van der Waals surface area contributed by atoms with Crippen molar-refractivity contribution < 1.29 is 9.47 Å². The molecule has 1 N–H and O–H groups in total. The minimum absolute atomic E-state index is 0.348. The van der Waals surface area contributed by atoms with Crippen molar-refractivity contribution in [3.05, 3.63) is 36.3 Å². The molecule has 0 unspecified atom stereocenters. The number of tetrazole rings is 1. The van der Waals surface area contributed by atoms with E-state index in [1.165, 1.54) is 0 Å². The van der Waals surface area contributed by atoms with Gasteiger partial charge in [-0.25, -0.2) is 0 Å². The topological polar surface area (TPSA) is 76.2 Å². The average Bonchev–Trinajstić information content (AvgIpc) is 3.22. The van der Waals surface area contributed by atoms with Crippen LogP contribution < -0.4 is 0 Å². The minimum atomic E-state index is -0.348. The third-order valence-electron chi connectivity index (χ3n) is 4.12. The smallest absolute Gasteiger partial charge is 0.200 e. The summed E-state index contributed by atoms with van der Waals surface area (Å²) in [5.74, 6) is 0.254. The van der Waals surface area contributed by atoms with Gasteiger partial charge in [0, 0.05) is 31.6 Å². The first-order chi connectivity index (χ1) is 10.7. The highest BCUT2D eigenvalue weighted by molar-refractivity contribution is 5.58. The van der Waals surface area contributed by atoms with Gasteiger partial charge in [0.2, 0.25) is 0 Å². The molecule has 2 fully saturated rings. The number of aromatic amines is 1. The van der Waals surface area contributed by atoms with Crippen molar-refractivity contribution in [3.63, 3.8) is 0 Å². The fourth-order valence-electron chi connectivity index (χ4n) is 2.81. The van der Waals surface area contributed by atoms with Crippen LogP contribution >= 0.6 is 0 Å². The third kappa shape index (κ3) is 3.10. The number of allylic oxidation sites excluding steroid dienone is 4. The zero-order valence-electron chi connectivity index (χ0n) is 12.8. The Morgan fingerprint density at radius 3 is 2.59 bits per heavy atom. The van der Waals surface area contributed by atoms with E-state index in [0.29, 0.717) is 19.0 Å². The van der Waals surface area contributed by atoms with E-state index >= 15 is 0 Å². The molecule has 2 aliphatic heterocycles. The molecule has 0 radical (unpaired) electrons. The fraction of sp³-hybridized carbons (Fsp3) is 0.533. The quantitative estimate of drug-likeness (QED) is 0.850. The Labute approximate surface area is 129 Å². The standard InChI is InChI=1S/C15H21N5O2/c1-3-13(5-4-12(2)14-16-18-19-17-14)20-8-6-15(7-9-20)21-10-11-22-15/h3-5H,1,6-11H2,2H3,(H,16,17,18,19)/b12-4+,13-5+. The summed E-state index contributed by atoms with van der Waals surface area (Å²) in [4.78, 5) is 2.29. The molecule has 2 aliphatic rings. The lowest BCUT2D eigenvalue weighted by Crippen LogP contribution is -2.44. The number of H-pyrrole nitrogens is 1. The van der Waals surface area contributed by atoms with Gasteiger partial charge in [-0.15, -0.1) is 10.2 Å². The number of rotatable bonds is 4. The monoisotopic (exact) mass is 303 g/mol. The Balaban J connectivity index is 1.66. The lowest BCUT2D eigenvalue weighted by atomic mass is 10.0. The highest BCUT2D eigenvalue weighted by Gasteiger charge is 2.39. The molecular formula is C15H21N5O2. The summed E-state index contributed by atoms with van der Waals surface area (Å²) in [6.07, 6.45) is 7.65. The molecule has 0 saturated carbocycles. The van der Waals surface area contributed by atoms with Gasteiger partial charge in [-0.2, -0.15) is 5.21 Å². The van der Waals surface area contributed by atoms with Gasteiger partial charge in [-0.1, -0.05) is 12.7 Å². The zero-order valence-corrected chi connectivity index (χ0v) is 12.8. The van der Waals surface area contributed by atoms with E-state index in [9.17, 15) is 0 Å². The second kappa shape index (κ2) is 6.41. The number of nitrogens with one attached hydrogen (secondary N) is 1. The summed E-state index contributed by atoms with van der Waals surface area (Å²) in [6, 6.07) is 0. The summed E-state index contributed by atoms with van der Waals surface area (Å²) < 4.78 is 11.5. The maximum atomic E-state index is 5.76. The van der Waals surface area contributed by atoms with E-state index in [4.69, 9.17) is 9.47 Å².